The Morgan fingerprint density at radius 1 is 1.25 bits per heavy atom. The molecule has 0 bridgehead atoms. The first-order chi connectivity index (χ1) is 11.6. The molecule has 1 aromatic rings. The van der Waals surface area contributed by atoms with E-state index in [1.165, 1.54) is 0 Å². The van der Waals surface area contributed by atoms with Gasteiger partial charge in [-0.15, -0.1) is 0 Å². The zero-order valence-corrected chi connectivity index (χ0v) is 14.3. The third-order valence-corrected chi connectivity index (χ3v) is 5.67. The van der Waals surface area contributed by atoms with Gasteiger partial charge in [-0.3, -0.25) is 9.59 Å². The molecular weight excluding hydrogens is 304 g/mol. The fraction of sp³-hybridized carbons (Fsp3) is 0.579. The van der Waals surface area contributed by atoms with Crippen LogP contribution in [0.2, 0.25) is 0 Å². The van der Waals surface area contributed by atoms with Crippen molar-refractivity contribution in [2.75, 3.05) is 31.1 Å². The van der Waals surface area contributed by atoms with E-state index in [0.29, 0.717) is 25.1 Å². The maximum atomic E-state index is 12.8. The number of hydrogen-bond acceptors (Lipinski definition) is 3. The van der Waals surface area contributed by atoms with E-state index in [0.717, 1.165) is 37.9 Å². The number of aliphatic hydroxyl groups excluding tert-OH is 1. The lowest BCUT2D eigenvalue weighted by molar-refractivity contribution is -0.117. The second-order valence-corrected chi connectivity index (χ2v) is 7.00. The van der Waals surface area contributed by atoms with Crippen molar-refractivity contribution in [2.24, 2.45) is 5.41 Å². The van der Waals surface area contributed by atoms with Crippen LogP contribution in [0.3, 0.4) is 0 Å². The van der Waals surface area contributed by atoms with Crippen LogP contribution in [-0.2, 0) is 4.79 Å². The third kappa shape index (κ3) is 3.18. The van der Waals surface area contributed by atoms with Crippen molar-refractivity contribution in [3.8, 4) is 0 Å². The molecule has 2 aliphatic rings. The van der Waals surface area contributed by atoms with Crippen molar-refractivity contribution < 1.29 is 14.7 Å². The highest BCUT2D eigenvalue weighted by Crippen LogP contribution is 2.34. The highest BCUT2D eigenvalue weighted by Gasteiger charge is 2.34. The van der Waals surface area contributed by atoms with Crippen LogP contribution < -0.4 is 4.90 Å². The topological polar surface area (TPSA) is 60.9 Å². The molecule has 2 fully saturated rings. The number of benzene rings is 1. The molecule has 5 nitrogen and oxygen atoms in total. The van der Waals surface area contributed by atoms with Gasteiger partial charge < -0.3 is 14.9 Å². The molecule has 0 aromatic heterocycles. The average Bonchev–Trinajstić information content (AvgIpc) is 3.07. The Balaban J connectivity index is 1.71. The number of aliphatic hydroxyl groups is 1. The summed E-state index contributed by atoms with van der Waals surface area (Å²) < 4.78 is 0. The lowest BCUT2D eigenvalue weighted by atomic mass is 9.77. The summed E-state index contributed by atoms with van der Waals surface area (Å²) in [6.07, 6.45) is 4.10. The van der Waals surface area contributed by atoms with E-state index in [1.54, 1.807) is 4.90 Å². The lowest BCUT2D eigenvalue weighted by Gasteiger charge is -2.40. The van der Waals surface area contributed by atoms with Gasteiger partial charge in [-0.1, -0.05) is 13.0 Å². The number of piperidine rings is 1. The number of rotatable bonds is 4. The predicted octanol–water partition coefficient (Wildman–Crippen LogP) is 2.44. The van der Waals surface area contributed by atoms with Crippen LogP contribution in [0.5, 0.6) is 0 Å². The third-order valence-electron chi connectivity index (χ3n) is 5.67. The van der Waals surface area contributed by atoms with Crippen LogP contribution in [-0.4, -0.2) is 48.1 Å². The van der Waals surface area contributed by atoms with Gasteiger partial charge in [0, 0.05) is 43.9 Å². The molecule has 0 spiro atoms. The second kappa shape index (κ2) is 6.93. The van der Waals surface area contributed by atoms with Crippen molar-refractivity contribution in [1.82, 2.24) is 4.90 Å². The first-order valence-electron chi connectivity index (χ1n) is 8.89. The number of likely N-dealkylation sites (tertiary alicyclic amines) is 1. The number of carbonyl (C=O) groups is 2. The lowest BCUT2D eigenvalue weighted by Crippen LogP contribution is -2.44. The summed E-state index contributed by atoms with van der Waals surface area (Å²) >= 11 is 0. The summed E-state index contributed by atoms with van der Waals surface area (Å²) in [5.74, 6) is 0.152. The van der Waals surface area contributed by atoms with Crippen LogP contribution in [0.25, 0.3) is 0 Å². The summed E-state index contributed by atoms with van der Waals surface area (Å²) in [5, 5.41) is 9.63. The smallest absolute Gasteiger partial charge is 0.253 e. The summed E-state index contributed by atoms with van der Waals surface area (Å²) in [4.78, 5) is 28.3. The van der Waals surface area contributed by atoms with Gasteiger partial charge in [-0.2, -0.15) is 0 Å². The maximum Gasteiger partial charge on any atom is 0.253 e. The maximum absolute atomic E-state index is 12.8. The van der Waals surface area contributed by atoms with Gasteiger partial charge in [0.05, 0.1) is 0 Å². The second-order valence-electron chi connectivity index (χ2n) is 7.00. The Morgan fingerprint density at radius 3 is 2.58 bits per heavy atom. The SMILES string of the molecule is CCC1(CO)CCN(C(=O)c2cccc(N3CCCC3=O)c2)CC1. The van der Waals surface area contributed by atoms with Crippen LogP contribution in [0.4, 0.5) is 5.69 Å². The van der Waals surface area contributed by atoms with Crippen molar-refractivity contribution in [2.45, 2.75) is 39.0 Å². The monoisotopic (exact) mass is 330 g/mol. The predicted molar refractivity (Wildman–Crippen MR) is 93.0 cm³/mol. The Hall–Kier alpha value is -1.88. The van der Waals surface area contributed by atoms with E-state index in [1.807, 2.05) is 29.2 Å². The van der Waals surface area contributed by atoms with E-state index in [9.17, 15) is 14.7 Å². The molecule has 5 heteroatoms. The van der Waals surface area contributed by atoms with Crippen molar-refractivity contribution in [1.29, 1.82) is 0 Å². The van der Waals surface area contributed by atoms with Crippen molar-refractivity contribution >= 4 is 17.5 Å². The molecular formula is C19H26N2O3. The average molecular weight is 330 g/mol. The quantitative estimate of drug-likeness (QED) is 0.922. The molecule has 2 amide bonds. The van der Waals surface area contributed by atoms with E-state index in [-0.39, 0.29) is 23.8 Å². The Morgan fingerprint density at radius 2 is 2.00 bits per heavy atom. The molecule has 2 aliphatic heterocycles. The zero-order chi connectivity index (χ0) is 17.2. The molecule has 24 heavy (non-hydrogen) atoms. The summed E-state index contributed by atoms with van der Waals surface area (Å²) in [6.45, 7) is 4.39. The standard InChI is InChI=1S/C19H26N2O3/c1-2-19(14-22)8-11-20(12-9-19)18(24)15-5-3-6-16(13-15)21-10-4-7-17(21)23/h3,5-6,13,22H,2,4,7-12,14H2,1H3. The number of anilines is 1. The minimum atomic E-state index is -0.0272. The van der Waals surface area contributed by atoms with Gasteiger partial charge in [0.25, 0.3) is 5.91 Å². The Kier molecular flexibility index (Phi) is 4.90. The minimum absolute atomic E-state index is 0.0196. The van der Waals surface area contributed by atoms with E-state index >= 15 is 0 Å². The number of amides is 2. The molecule has 0 radical (unpaired) electrons. The number of nitrogens with zero attached hydrogens (tertiary/aromatic N) is 2. The first-order valence-corrected chi connectivity index (χ1v) is 8.89. The van der Waals surface area contributed by atoms with Gasteiger partial charge in [0.1, 0.15) is 0 Å². The highest BCUT2D eigenvalue weighted by molar-refractivity contribution is 5.99. The van der Waals surface area contributed by atoms with E-state index in [2.05, 4.69) is 6.92 Å². The van der Waals surface area contributed by atoms with Crippen molar-refractivity contribution in [3.05, 3.63) is 29.8 Å². The van der Waals surface area contributed by atoms with E-state index < -0.39 is 0 Å². The molecule has 130 valence electrons. The normalized spacial score (nSPS) is 20.5. The van der Waals surface area contributed by atoms with E-state index in [4.69, 9.17) is 0 Å². The van der Waals surface area contributed by atoms with Gasteiger partial charge >= 0.3 is 0 Å². The molecule has 2 saturated heterocycles. The molecule has 2 heterocycles. The summed E-state index contributed by atoms with van der Waals surface area (Å²) in [6, 6.07) is 7.39. The first kappa shape index (κ1) is 17.0. The molecule has 0 unspecified atom stereocenters. The van der Waals surface area contributed by atoms with Gasteiger partial charge in [0.2, 0.25) is 5.91 Å². The Labute approximate surface area is 143 Å². The fourth-order valence-electron chi connectivity index (χ4n) is 3.72. The van der Waals surface area contributed by atoms with Crippen LogP contribution in [0.15, 0.2) is 24.3 Å². The van der Waals surface area contributed by atoms with Crippen LogP contribution in [0, 0.1) is 5.41 Å². The van der Waals surface area contributed by atoms with Crippen LogP contribution in [0.1, 0.15) is 49.4 Å². The van der Waals surface area contributed by atoms with Crippen LogP contribution >= 0.6 is 0 Å². The van der Waals surface area contributed by atoms with Gasteiger partial charge in [-0.05, 0) is 49.3 Å². The molecule has 0 atom stereocenters. The Bertz CT molecular complexity index is 615. The molecule has 1 N–H and O–H groups in total. The summed E-state index contributed by atoms with van der Waals surface area (Å²) in [7, 11) is 0. The molecule has 3 rings (SSSR count). The summed E-state index contributed by atoms with van der Waals surface area (Å²) in [5.41, 5.74) is 1.43. The fourth-order valence-corrected chi connectivity index (χ4v) is 3.72. The largest absolute Gasteiger partial charge is 0.396 e. The molecule has 1 aromatic carbocycles. The highest BCUT2D eigenvalue weighted by atomic mass is 16.3. The van der Waals surface area contributed by atoms with Crippen molar-refractivity contribution in [3.63, 3.8) is 0 Å². The number of carbonyl (C=O) groups excluding carboxylic acids is 2. The zero-order valence-electron chi connectivity index (χ0n) is 14.3. The molecule has 0 aliphatic carbocycles. The molecule has 0 saturated carbocycles. The number of hydrogen-bond donors (Lipinski definition) is 1. The van der Waals surface area contributed by atoms with Gasteiger partial charge in [-0.25, -0.2) is 0 Å². The van der Waals surface area contributed by atoms with Gasteiger partial charge in [0.15, 0.2) is 0 Å². The minimum Gasteiger partial charge on any atom is -0.396 e.